The van der Waals surface area contributed by atoms with Gasteiger partial charge in [-0.2, -0.15) is 5.10 Å². The van der Waals surface area contributed by atoms with Gasteiger partial charge in [0.15, 0.2) is 5.82 Å². The Bertz CT molecular complexity index is 952. The van der Waals surface area contributed by atoms with Crippen molar-refractivity contribution in [2.75, 3.05) is 31.1 Å². The number of amides is 1. The minimum atomic E-state index is -0.549. The Kier molecular flexibility index (Phi) is 4.81. The highest BCUT2D eigenvalue weighted by molar-refractivity contribution is 6.31. The minimum absolute atomic E-state index is 0.0158. The predicted octanol–water partition coefficient (Wildman–Crippen LogP) is 3.83. The molecule has 138 valence electrons. The van der Waals surface area contributed by atoms with Crippen LogP contribution in [0.15, 0.2) is 54.6 Å². The summed E-state index contributed by atoms with van der Waals surface area (Å²) in [6.45, 7) is 2.26. The van der Waals surface area contributed by atoms with Gasteiger partial charge < -0.3 is 9.80 Å². The number of hydrogen-bond acceptors (Lipinski definition) is 3. The van der Waals surface area contributed by atoms with Crippen molar-refractivity contribution < 1.29 is 9.18 Å². The fourth-order valence-corrected chi connectivity index (χ4v) is 3.38. The lowest BCUT2D eigenvalue weighted by molar-refractivity contribution is 0.0742. The van der Waals surface area contributed by atoms with Crippen LogP contribution in [-0.4, -0.2) is 47.2 Å². The number of nitrogens with zero attached hydrogens (tertiary/aromatic N) is 3. The maximum absolute atomic E-state index is 13.9. The van der Waals surface area contributed by atoms with Gasteiger partial charge >= 0.3 is 0 Å². The molecule has 1 saturated heterocycles. The fourth-order valence-electron chi connectivity index (χ4n) is 3.21. The van der Waals surface area contributed by atoms with Crippen LogP contribution in [0, 0.1) is 5.82 Å². The van der Waals surface area contributed by atoms with Crippen molar-refractivity contribution in [1.29, 1.82) is 0 Å². The molecule has 1 fully saturated rings. The normalized spacial score (nSPS) is 14.4. The Morgan fingerprint density at radius 3 is 2.52 bits per heavy atom. The molecule has 1 aliphatic heterocycles. The maximum Gasteiger partial charge on any atom is 0.257 e. The molecule has 2 heterocycles. The molecule has 0 bridgehead atoms. The first-order chi connectivity index (χ1) is 13.1. The van der Waals surface area contributed by atoms with Crippen molar-refractivity contribution in [3.8, 4) is 11.3 Å². The number of hydrogen-bond donors (Lipinski definition) is 1. The average Bonchev–Trinajstić information content (AvgIpc) is 3.20. The van der Waals surface area contributed by atoms with E-state index >= 15 is 0 Å². The second-order valence-corrected chi connectivity index (χ2v) is 6.85. The Labute approximate surface area is 161 Å². The zero-order chi connectivity index (χ0) is 18.8. The molecule has 0 spiro atoms. The number of halogens is 2. The van der Waals surface area contributed by atoms with Crippen LogP contribution in [0.1, 0.15) is 10.4 Å². The third kappa shape index (κ3) is 3.66. The summed E-state index contributed by atoms with van der Waals surface area (Å²) in [5.41, 5.74) is 2.04. The molecular weight excluding hydrogens is 367 g/mol. The average molecular weight is 385 g/mol. The predicted molar refractivity (Wildman–Crippen MR) is 104 cm³/mol. The third-order valence-electron chi connectivity index (χ3n) is 4.70. The molecular formula is C20H18ClFN4O. The first kappa shape index (κ1) is 17.5. The summed E-state index contributed by atoms with van der Waals surface area (Å²) in [5, 5.41) is 7.80. The maximum atomic E-state index is 13.9. The zero-order valence-corrected chi connectivity index (χ0v) is 15.3. The molecule has 27 heavy (non-hydrogen) atoms. The number of aromatic amines is 1. The molecule has 5 nitrogen and oxygen atoms in total. The summed E-state index contributed by atoms with van der Waals surface area (Å²) in [6, 6.07) is 16.0. The number of nitrogens with one attached hydrogen (secondary N) is 1. The van der Waals surface area contributed by atoms with Gasteiger partial charge in [0.1, 0.15) is 5.82 Å². The number of rotatable bonds is 3. The summed E-state index contributed by atoms with van der Waals surface area (Å²) < 4.78 is 13.9. The molecule has 0 atom stereocenters. The lowest BCUT2D eigenvalue weighted by Crippen LogP contribution is -2.49. The lowest BCUT2D eigenvalue weighted by atomic mass is 10.1. The van der Waals surface area contributed by atoms with E-state index in [0.717, 1.165) is 17.1 Å². The summed E-state index contributed by atoms with van der Waals surface area (Å²) in [7, 11) is 0. The SMILES string of the molecule is O=C(c1cc(Cl)ccc1F)N1CCN(c2cc(-c3ccccc3)[nH]n2)CC1. The topological polar surface area (TPSA) is 52.2 Å². The van der Waals surface area contributed by atoms with E-state index in [1.54, 1.807) is 4.90 Å². The van der Waals surface area contributed by atoms with E-state index < -0.39 is 5.82 Å². The van der Waals surface area contributed by atoms with Gasteiger partial charge in [-0.15, -0.1) is 0 Å². The van der Waals surface area contributed by atoms with Crippen LogP contribution in [0.25, 0.3) is 11.3 Å². The van der Waals surface area contributed by atoms with Crippen LogP contribution in [0.4, 0.5) is 10.2 Å². The molecule has 3 aromatic rings. The monoisotopic (exact) mass is 384 g/mol. The van der Waals surface area contributed by atoms with Gasteiger partial charge in [-0.05, 0) is 23.8 Å². The summed E-state index contributed by atoms with van der Waals surface area (Å²) >= 11 is 5.90. The second kappa shape index (κ2) is 7.40. The lowest BCUT2D eigenvalue weighted by Gasteiger charge is -2.34. The number of anilines is 1. The van der Waals surface area contributed by atoms with Crippen molar-refractivity contribution in [2.45, 2.75) is 0 Å². The molecule has 7 heteroatoms. The first-order valence-corrected chi connectivity index (χ1v) is 9.10. The Hall–Kier alpha value is -2.86. The van der Waals surface area contributed by atoms with Crippen LogP contribution >= 0.6 is 11.6 Å². The van der Waals surface area contributed by atoms with E-state index in [-0.39, 0.29) is 11.5 Å². The van der Waals surface area contributed by atoms with E-state index in [0.29, 0.717) is 31.2 Å². The summed E-state index contributed by atoms with van der Waals surface area (Å²) in [5.74, 6) is -0.0387. The first-order valence-electron chi connectivity index (χ1n) is 8.72. The Morgan fingerprint density at radius 1 is 1.04 bits per heavy atom. The molecule has 1 N–H and O–H groups in total. The number of benzene rings is 2. The zero-order valence-electron chi connectivity index (χ0n) is 14.5. The molecule has 1 aromatic heterocycles. The molecule has 0 unspecified atom stereocenters. The van der Waals surface area contributed by atoms with E-state index in [1.165, 1.54) is 18.2 Å². The highest BCUT2D eigenvalue weighted by Crippen LogP contribution is 2.23. The fraction of sp³-hybridized carbons (Fsp3) is 0.200. The molecule has 0 saturated carbocycles. The van der Waals surface area contributed by atoms with Gasteiger partial charge in [-0.3, -0.25) is 9.89 Å². The Balaban J connectivity index is 1.43. The summed E-state index contributed by atoms with van der Waals surface area (Å²) in [4.78, 5) is 16.4. The number of carbonyl (C=O) groups is 1. The third-order valence-corrected chi connectivity index (χ3v) is 4.93. The van der Waals surface area contributed by atoms with E-state index in [4.69, 9.17) is 11.6 Å². The quantitative estimate of drug-likeness (QED) is 0.746. The standard InChI is InChI=1S/C20H18ClFN4O/c21-15-6-7-17(22)16(12-15)20(27)26-10-8-25(9-11-26)19-13-18(23-24-19)14-4-2-1-3-5-14/h1-7,12-13H,8-11H2,(H,23,24). The highest BCUT2D eigenvalue weighted by Gasteiger charge is 2.25. The summed E-state index contributed by atoms with van der Waals surface area (Å²) in [6.07, 6.45) is 0. The molecule has 1 aliphatic rings. The second-order valence-electron chi connectivity index (χ2n) is 6.41. The largest absolute Gasteiger partial charge is 0.352 e. The van der Waals surface area contributed by atoms with Crippen molar-refractivity contribution in [3.05, 3.63) is 71.0 Å². The highest BCUT2D eigenvalue weighted by atomic mass is 35.5. The van der Waals surface area contributed by atoms with Gasteiger partial charge in [0.25, 0.3) is 5.91 Å². The smallest absolute Gasteiger partial charge is 0.257 e. The number of piperazine rings is 1. The van der Waals surface area contributed by atoms with Crippen LogP contribution in [0.2, 0.25) is 5.02 Å². The molecule has 0 aliphatic carbocycles. The number of carbonyl (C=O) groups excluding carboxylic acids is 1. The molecule has 0 radical (unpaired) electrons. The molecule has 2 aromatic carbocycles. The minimum Gasteiger partial charge on any atom is -0.352 e. The van der Waals surface area contributed by atoms with Crippen LogP contribution in [0.3, 0.4) is 0 Å². The van der Waals surface area contributed by atoms with Crippen LogP contribution < -0.4 is 4.90 Å². The van der Waals surface area contributed by atoms with E-state index in [9.17, 15) is 9.18 Å². The van der Waals surface area contributed by atoms with Gasteiger partial charge in [0.05, 0.1) is 11.3 Å². The van der Waals surface area contributed by atoms with Gasteiger partial charge in [0, 0.05) is 37.3 Å². The van der Waals surface area contributed by atoms with Gasteiger partial charge in [0.2, 0.25) is 0 Å². The number of aromatic nitrogens is 2. The molecule has 4 rings (SSSR count). The van der Waals surface area contributed by atoms with Crippen molar-refractivity contribution >= 4 is 23.3 Å². The van der Waals surface area contributed by atoms with Crippen molar-refractivity contribution in [1.82, 2.24) is 15.1 Å². The Morgan fingerprint density at radius 2 is 1.78 bits per heavy atom. The van der Waals surface area contributed by atoms with E-state index in [1.807, 2.05) is 36.4 Å². The van der Waals surface area contributed by atoms with Crippen molar-refractivity contribution in [3.63, 3.8) is 0 Å². The van der Waals surface area contributed by atoms with Gasteiger partial charge in [-0.1, -0.05) is 41.9 Å². The van der Waals surface area contributed by atoms with Crippen LogP contribution in [-0.2, 0) is 0 Å². The molecule has 1 amide bonds. The van der Waals surface area contributed by atoms with Crippen molar-refractivity contribution in [2.24, 2.45) is 0 Å². The van der Waals surface area contributed by atoms with E-state index in [2.05, 4.69) is 15.1 Å². The number of H-pyrrole nitrogens is 1. The van der Waals surface area contributed by atoms with Crippen LogP contribution in [0.5, 0.6) is 0 Å². The van der Waals surface area contributed by atoms with Gasteiger partial charge in [-0.25, -0.2) is 4.39 Å².